The Hall–Kier alpha value is -2.72. The minimum absolute atomic E-state index is 0.00171. The Morgan fingerprint density at radius 1 is 0.721 bits per heavy atom. The summed E-state index contributed by atoms with van der Waals surface area (Å²) in [6.07, 6.45) is 30.2. The van der Waals surface area contributed by atoms with Crippen LogP contribution in [0.1, 0.15) is 94.9 Å². The first-order chi connectivity index (χ1) is 20.0. The Morgan fingerprint density at radius 2 is 1.26 bits per heavy atom. The fraction of sp³-hybridized carbons (Fsp3) is 0.500. The van der Waals surface area contributed by atoms with Crippen molar-refractivity contribution in [1.82, 2.24) is 0 Å². The summed E-state index contributed by atoms with van der Waals surface area (Å²) >= 11 is 0. The van der Waals surface area contributed by atoms with E-state index in [1.54, 1.807) is 0 Å². The summed E-state index contributed by atoms with van der Waals surface area (Å²) in [6.45, 7) is 21.6. The Kier molecular flexibility index (Phi) is 11.6. The van der Waals surface area contributed by atoms with Crippen LogP contribution in [0.4, 0.5) is 0 Å². The van der Waals surface area contributed by atoms with Gasteiger partial charge in [-0.15, -0.1) is 0 Å². The molecule has 0 saturated heterocycles. The molecule has 3 rings (SSSR count). The van der Waals surface area contributed by atoms with Crippen LogP contribution in [0, 0.1) is 10.8 Å². The zero-order chi connectivity index (χ0) is 32.0. The molecule has 0 bridgehead atoms. The third kappa shape index (κ3) is 9.63. The fourth-order valence-corrected chi connectivity index (χ4v) is 7.02. The molecule has 1 aliphatic heterocycles. The molecule has 3 nitrogen and oxygen atoms in total. The predicted molar refractivity (Wildman–Crippen MR) is 184 cm³/mol. The summed E-state index contributed by atoms with van der Waals surface area (Å²) in [5.41, 5.74) is 8.25. The highest BCUT2D eigenvalue weighted by Crippen LogP contribution is 2.52. The Bertz CT molecular complexity index is 1330. The van der Waals surface area contributed by atoms with Crippen molar-refractivity contribution < 1.29 is 14.9 Å². The van der Waals surface area contributed by atoms with Crippen molar-refractivity contribution in [3.8, 4) is 0 Å². The van der Waals surface area contributed by atoms with Crippen LogP contribution in [-0.2, 0) is 4.74 Å². The maximum Gasteiger partial charge on any atom is 0.0982 e. The first-order valence-electron chi connectivity index (χ1n) is 15.9. The second-order valence-electron chi connectivity index (χ2n) is 14.5. The average molecular weight is 585 g/mol. The number of hydrogen-bond donors (Lipinski definition) is 2. The summed E-state index contributed by atoms with van der Waals surface area (Å²) in [4.78, 5) is 0. The summed E-state index contributed by atoms with van der Waals surface area (Å²) in [7, 11) is 0. The summed E-state index contributed by atoms with van der Waals surface area (Å²) < 4.78 is 6.46. The van der Waals surface area contributed by atoms with Gasteiger partial charge in [-0.3, -0.25) is 0 Å². The van der Waals surface area contributed by atoms with Crippen LogP contribution in [0.15, 0.2) is 118 Å². The van der Waals surface area contributed by atoms with Crippen LogP contribution in [0.5, 0.6) is 0 Å². The summed E-state index contributed by atoms with van der Waals surface area (Å²) in [6, 6.07) is 0. The molecule has 0 amide bonds. The largest absolute Gasteiger partial charge is 0.393 e. The van der Waals surface area contributed by atoms with E-state index >= 15 is 0 Å². The van der Waals surface area contributed by atoms with Crippen LogP contribution >= 0.6 is 0 Å². The van der Waals surface area contributed by atoms with Crippen LogP contribution < -0.4 is 0 Å². The van der Waals surface area contributed by atoms with Gasteiger partial charge in [0, 0.05) is 6.42 Å². The number of ether oxygens (including phenoxy) is 1. The molecule has 43 heavy (non-hydrogen) atoms. The fourth-order valence-electron chi connectivity index (χ4n) is 7.02. The number of aliphatic hydroxyl groups excluding tert-OH is 2. The highest BCUT2D eigenvalue weighted by molar-refractivity contribution is 5.39. The van der Waals surface area contributed by atoms with Gasteiger partial charge in [-0.2, -0.15) is 0 Å². The minimum atomic E-state index is -0.381. The van der Waals surface area contributed by atoms with Crippen LogP contribution in [-0.4, -0.2) is 34.1 Å². The van der Waals surface area contributed by atoms with E-state index in [1.165, 1.54) is 39.0 Å². The van der Waals surface area contributed by atoms with Gasteiger partial charge in [0.05, 0.1) is 23.9 Å². The average Bonchev–Trinajstić information content (AvgIpc) is 3.23. The van der Waals surface area contributed by atoms with E-state index in [1.807, 2.05) is 0 Å². The van der Waals surface area contributed by atoms with Gasteiger partial charge in [-0.25, -0.2) is 0 Å². The number of allylic oxidation sites excluding steroid dienone is 16. The molecule has 2 aliphatic carbocycles. The Labute approximate surface area is 262 Å². The van der Waals surface area contributed by atoms with E-state index in [9.17, 15) is 10.2 Å². The molecule has 0 aromatic rings. The van der Waals surface area contributed by atoms with E-state index in [4.69, 9.17) is 4.74 Å². The smallest absolute Gasteiger partial charge is 0.0982 e. The van der Waals surface area contributed by atoms with Crippen LogP contribution in [0.3, 0.4) is 0 Å². The number of rotatable bonds is 9. The van der Waals surface area contributed by atoms with Gasteiger partial charge < -0.3 is 14.9 Å². The van der Waals surface area contributed by atoms with Crippen molar-refractivity contribution in [2.75, 3.05) is 0 Å². The first kappa shape index (κ1) is 34.8. The molecule has 3 heteroatoms. The standard InChI is InChI=1S/C40H56O3/c1-28(17-13-18-30(3)21-22-35-32(5)23-33(41)25-38(35,6)7)15-11-12-16-29(2)19-14-20-31(4)36-24-37-39(8,9)26-34(42)27-40(37,10)43-36/h11-22,24,33-34,36,41-42H,23,25-27H2,1-10H3/b12-11+,17-13+,19-14+,22-21-,28-15+,29-16+,30-18+,31-20+. The maximum atomic E-state index is 10.4. The van der Waals surface area contributed by atoms with E-state index in [-0.39, 0.29) is 34.7 Å². The Balaban J connectivity index is 1.52. The molecule has 0 radical (unpaired) electrons. The lowest BCUT2D eigenvalue weighted by Gasteiger charge is -2.44. The highest BCUT2D eigenvalue weighted by Gasteiger charge is 2.50. The van der Waals surface area contributed by atoms with Gasteiger partial charge in [0.1, 0.15) is 0 Å². The normalized spacial score (nSPS) is 30.8. The maximum absolute atomic E-state index is 10.4. The van der Waals surface area contributed by atoms with Gasteiger partial charge in [0.15, 0.2) is 0 Å². The molecule has 4 atom stereocenters. The molecule has 0 aromatic carbocycles. The van der Waals surface area contributed by atoms with Crippen LogP contribution in [0.2, 0.25) is 0 Å². The third-order valence-electron chi connectivity index (χ3n) is 9.08. The lowest BCUT2D eigenvalue weighted by atomic mass is 9.65. The van der Waals surface area contributed by atoms with E-state index in [0.717, 1.165) is 19.3 Å². The van der Waals surface area contributed by atoms with Crippen LogP contribution in [0.25, 0.3) is 0 Å². The molecule has 0 aromatic heterocycles. The molecule has 2 N–H and O–H groups in total. The van der Waals surface area contributed by atoms with Crippen molar-refractivity contribution >= 4 is 0 Å². The van der Waals surface area contributed by atoms with Gasteiger partial charge in [-0.05, 0) is 94.4 Å². The van der Waals surface area contributed by atoms with E-state index in [0.29, 0.717) is 6.42 Å². The van der Waals surface area contributed by atoms with E-state index < -0.39 is 0 Å². The first-order valence-corrected chi connectivity index (χ1v) is 15.9. The molecule has 1 fully saturated rings. The third-order valence-corrected chi connectivity index (χ3v) is 9.08. The quantitative estimate of drug-likeness (QED) is 0.209. The topological polar surface area (TPSA) is 49.7 Å². The second-order valence-corrected chi connectivity index (χ2v) is 14.5. The zero-order valence-electron chi connectivity index (χ0n) is 28.4. The highest BCUT2D eigenvalue weighted by atomic mass is 16.5. The minimum Gasteiger partial charge on any atom is -0.393 e. The number of aliphatic hydroxyl groups is 2. The van der Waals surface area contributed by atoms with Gasteiger partial charge in [0.25, 0.3) is 0 Å². The molecule has 3 aliphatic rings. The molecule has 4 unspecified atom stereocenters. The molecular weight excluding hydrogens is 528 g/mol. The number of fused-ring (bicyclic) bond motifs is 1. The molecule has 1 saturated carbocycles. The monoisotopic (exact) mass is 584 g/mol. The lowest BCUT2D eigenvalue weighted by Crippen LogP contribution is -2.45. The SMILES string of the molecule is CC1=C(\C=C/C(C)=C/C=C/C(C)=C/C=C/C=C(C)/C=C/C=C(\C)C2C=C3C(C)(C)CC(O)CC3(C)O2)C(C)(C)CC(O)C1. The van der Waals surface area contributed by atoms with Crippen molar-refractivity contribution in [3.63, 3.8) is 0 Å². The predicted octanol–water partition coefficient (Wildman–Crippen LogP) is 9.76. The summed E-state index contributed by atoms with van der Waals surface area (Å²) in [5, 5.41) is 20.5. The molecule has 1 heterocycles. The van der Waals surface area contributed by atoms with Crippen molar-refractivity contribution in [2.24, 2.45) is 10.8 Å². The molecular formula is C40H56O3. The molecule has 234 valence electrons. The summed E-state index contributed by atoms with van der Waals surface area (Å²) in [5.74, 6) is 0. The Morgan fingerprint density at radius 3 is 1.86 bits per heavy atom. The van der Waals surface area contributed by atoms with Gasteiger partial charge in [0.2, 0.25) is 0 Å². The van der Waals surface area contributed by atoms with E-state index in [2.05, 4.69) is 148 Å². The van der Waals surface area contributed by atoms with Crippen molar-refractivity contribution in [1.29, 1.82) is 0 Å². The zero-order valence-corrected chi connectivity index (χ0v) is 28.4. The second kappa shape index (κ2) is 14.4. The van der Waals surface area contributed by atoms with Crippen molar-refractivity contribution in [2.45, 2.75) is 119 Å². The molecule has 0 spiro atoms. The van der Waals surface area contributed by atoms with Gasteiger partial charge >= 0.3 is 0 Å². The van der Waals surface area contributed by atoms with Crippen molar-refractivity contribution in [3.05, 3.63) is 118 Å². The number of hydrogen-bond acceptors (Lipinski definition) is 3. The lowest BCUT2D eigenvalue weighted by molar-refractivity contribution is -0.0683. The van der Waals surface area contributed by atoms with Gasteiger partial charge in [-0.1, -0.05) is 123 Å².